The van der Waals surface area contributed by atoms with E-state index in [0.717, 1.165) is 21.7 Å². The number of fused-ring (bicyclic) bond motifs is 1. The molecule has 0 radical (unpaired) electrons. The lowest BCUT2D eigenvalue weighted by Crippen LogP contribution is -2.36. The molecule has 0 aliphatic carbocycles. The maximum Gasteiger partial charge on any atom is 0.259 e. The quantitative estimate of drug-likeness (QED) is 0.869. The first-order chi connectivity index (χ1) is 11.2. The van der Waals surface area contributed by atoms with Crippen molar-refractivity contribution in [2.75, 3.05) is 7.05 Å². The number of hydrogen-bond acceptors (Lipinski definition) is 4. The molecule has 0 aliphatic heterocycles. The van der Waals surface area contributed by atoms with E-state index >= 15 is 0 Å². The zero-order chi connectivity index (χ0) is 18.0. The van der Waals surface area contributed by atoms with Crippen LogP contribution in [-0.4, -0.2) is 33.9 Å². The lowest BCUT2D eigenvalue weighted by Gasteiger charge is -2.26. The van der Waals surface area contributed by atoms with E-state index in [1.54, 1.807) is 4.90 Å². The lowest BCUT2D eigenvalue weighted by atomic mass is 10.0. The van der Waals surface area contributed by atoms with Gasteiger partial charge in [0.1, 0.15) is 10.7 Å². The highest BCUT2D eigenvalue weighted by Crippen LogP contribution is 2.25. The molecule has 2 rings (SSSR count). The van der Waals surface area contributed by atoms with Crippen LogP contribution in [0, 0.1) is 19.8 Å². The van der Waals surface area contributed by atoms with Crippen LogP contribution in [0.3, 0.4) is 0 Å². The fourth-order valence-electron chi connectivity index (χ4n) is 2.91. The lowest BCUT2D eigenvalue weighted by molar-refractivity contribution is -0.131. The summed E-state index contributed by atoms with van der Waals surface area (Å²) in [6.45, 7) is 10.3. The van der Waals surface area contributed by atoms with Crippen LogP contribution in [0.15, 0.2) is 4.79 Å². The van der Waals surface area contributed by atoms with Gasteiger partial charge in [-0.05, 0) is 38.7 Å². The minimum atomic E-state index is -0.106. The first-order valence-corrected chi connectivity index (χ1v) is 9.26. The second kappa shape index (κ2) is 7.47. The summed E-state index contributed by atoms with van der Waals surface area (Å²) in [7, 11) is 1.85. The summed E-state index contributed by atoms with van der Waals surface area (Å²) in [4.78, 5) is 35.6. The average Bonchev–Trinajstić information content (AvgIpc) is 2.78. The molecule has 1 N–H and O–H groups in total. The zero-order valence-electron chi connectivity index (χ0n) is 15.4. The molecule has 132 valence electrons. The van der Waals surface area contributed by atoms with Crippen molar-refractivity contribution in [1.82, 2.24) is 14.9 Å². The second-order valence-electron chi connectivity index (χ2n) is 6.96. The van der Waals surface area contributed by atoms with Crippen LogP contribution in [0.25, 0.3) is 10.2 Å². The summed E-state index contributed by atoms with van der Waals surface area (Å²) in [6.07, 6.45) is 1.80. The molecule has 2 aromatic heterocycles. The molecule has 1 atom stereocenters. The summed E-state index contributed by atoms with van der Waals surface area (Å²) in [5.41, 5.74) is 0.888. The maximum absolute atomic E-state index is 12.4. The van der Waals surface area contributed by atoms with Crippen LogP contribution in [-0.2, 0) is 11.2 Å². The number of aryl methyl sites for hydroxylation is 3. The van der Waals surface area contributed by atoms with Gasteiger partial charge in [0.25, 0.3) is 5.56 Å². The van der Waals surface area contributed by atoms with E-state index in [2.05, 4.69) is 30.7 Å². The van der Waals surface area contributed by atoms with Crippen molar-refractivity contribution in [1.29, 1.82) is 0 Å². The topological polar surface area (TPSA) is 66.1 Å². The van der Waals surface area contributed by atoms with Crippen LogP contribution < -0.4 is 5.56 Å². The van der Waals surface area contributed by atoms with E-state index in [4.69, 9.17) is 0 Å². The number of nitrogens with one attached hydrogen (secondary N) is 1. The monoisotopic (exact) mass is 349 g/mol. The van der Waals surface area contributed by atoms with Gasteiger partial charge in [-0.2, -0.15) is 0 Å². The number of aromatic nitrogens is 2. The molecular weight excluding hydrogens is 322 g/mol. The number of carbonyl (C=O) groups is 1. The van der Waals surface area contributed by atoms with Crippen molar-refractivity contribution < 1.29 is 4.79 Å². The van der Waals surface area contributed by atoms with Gasteiger partial charge in [0.15, 0.2) is 0 Å². The van der Waals surface area contributed by atoms with Gasteiger partial charge in [-0.25, -0.2) is 4.98 Å². The number of rotatable bonds is 6. The molecule has 0 saturated heterocycles. The van der Waals surface area contributed by atoms with E-state index in [9.17, 15) is 9.59 Å². The number of H-pyrrole nitrogens is 1. The molecule has 0 fully saturated rings. The normalized spacial score (nSPS) is 12.8. The van der Waals surface area contributed by atoms with E-state index < -0.39 is 0 Å². The number of carbonyl (C=O) groups excluding carboxylic acids is 1. The van der Waals surface area contributed by atoms with Gasteiger partial charge in [0, 0.05) is 30.8 Å². The van der Waals surface area contributed by atoms with Crippen LogP contribution in [0.1, 0.15) is 49.9 Å². The highest BCUT2D eigenvalue weighted by atomic mass is 32.1. The number of hydrogen-bond donors (Lipinski definition) is 1. The predicted octanol–water partition coefficient (Wildman–Crippen LogP) is 3.43. The molecule has 0 spiro atoms. The van der Waals surface area contributed by atoms with Crippen LogP contribution in [0.2, 0.25) is 0 Å². The third-order valence-corrected chi connectivity index (χ3v) is 5.63. The second-order valence-corrected chi connectivity index (χ2v) is 8.16. The number of amides is 1. The smallest absolute Gasteiger partial charge is 0.259 e. The highest BCUT2D eigenvalue weighted by Gasteiger charge is 2.18. The zero-order valence-corrected chi connectivity index (χ0v) is 16.2. The van der Waals surface area contributed by atoms with Crippen LogP contribution >= 0.6 is 11.3 Å². The van der Waals surface area contributed by atoms with Crippen molar-refractivity contribution in [3.8, 4) is 0 Å². The molecule has 0 bridgehead atoms. The fraction of sp³-hybridized carbons (Fsp3) is 0.611. The van der Waals surface area contributed by atoms with E-state index in [0.29, 0.717) is 30.0 Å². The molecule has 2 aromatic rings. The Kier molecular flexibility index (Phi) is 5.80. The Morgan fingerprint density at radius 1 is 1.29 bits per heavy atom. The van der Waals surface area contributed by atoms with Crippen LogP contribution in [0.5, 0.6) is 0 Å². The Morgan fingerprint density at radius 2 is 1.96 bits per heavy atom. The van der Waals surface area contributed by atoms with E-state index in [1.165, 1.54) is 11.3 Å². The van der Waals surface area contributed by atoms with Gasteiger partial charge in [-0.15, -0.1) is 11.3 Å². The van der Waals surface area contributed by atoms with Crippen molar-refractivity contribution in [2.24, 2.45) is 5.92 Å². The Morgan fingerprint density at radius 3 is 2.58 bits per heavy atom. The maximum atomic E-state index is 12.4. The molecule has 6 heteroatoms. The number of nitrogens with zero attached hydrogens (tertiary/aromatic N) is 2. The fourth-order valence-corrected chi connectivity index (χ4v) is 3.95. The minimum Gasteiger partial charge on any atom is -0.343 e. The van der Waals surface area contributed by atoms with Gasteiger partial charge in [0.05, 0.1) is 5.39 Å². The molecule has 1 amide bonds. The highest BCUT2D eigenvalue weighted by molar-refractivity contribution is 7.18. The molecule has 2 heterocycles. The summed E-state index contributed by atoms with van der Waals surface area (Å²) >= 11 is 1.53. The van der Waals surface area contributed by atoms with Crippen molar-refractivity contribution in [3.05, 3.63) is 26.6 Å². The molecule has 0 saturated carbocycles. The summed E-state index contributed by atoms with van der Waals surface area (Å²) in [6, 6.07) is 0.217. The Bertz CT molecular complexity index is 791. The van der Waals surface area contributed by atoms with E-state index in [-0.39, 0.29) is 17.5 Å². The third kappa shape index (κ3) is 4.04. The number of aromatic amines is 1. The molecule has 24 heavy (non-hydrogen) atoms. The van der Waals surface area contributed by atoms with Crippen molar-refractivity contribution in [2.45, 2.75) is 59.9 Å². The average molecular weight is 350 g/mol. The van der Waals surface area contributed by atoms with E-state index in [1.807, 2.05) is 20.9 Å². The minimum absolute atomic E-state index is 0.0874. The first-order valence-electron chi connectivity index (χ1n) is 8.45. The largest absolute Gasteiger partial charge is 0.343 e. The van der Waals surface area contributed by atoms with Gasteiger partial charge in [-0.3, -0.25) is 9.59 Å². The summed E-state index contributed by atoms with van der Waals surface area (Å²) in [5, 5.41) is 0.676. The molecule has 0 unspecified atom stereocenters. The third-order valence-electron chi connectivity index (χ3n) is 4.53. The Labute approximate surface area is 147 Å². The summed E-state index contributed by atoms with van der Waals surface area (Å²) in [5.74, 6) is 1.23. The standard InChI is InChI=1S/C18H27N3O2S/c1-10(2)9-11(3)21(6)15(22)8-7-14-19-17(23)16-12(4)13(5)24-18(16)20-14/h10-11H,7-9H2,1-6H3,(H,19,20,23)/t11-/m0/s1. The van der Waals surface area contributed by atoms with Gasteiger partial charge in [0.2, 0.25) is 5.91 Å². The first kappa shape index (κ1) is 18.6. The van der Waals surface area contributed by atoms with Gasteiger partial charge >= 0.3 is 0 Å². The van der Waals surface area contributed by atoms with Crippen molar-refractivity contribution >= 4 is 27.5 Å². The predicted molar refractivity (Wildman–Crippen MR) is 99.7 cm³/mol. The Balaban J connectivity index is 2.08. The summed E-state index contributed by atoms with van der Waals surface area (Å²) < 4.78 is 0. The molecule has 5 nitrogen and oxygen atoms in total. The number of thiophene rings is 1. The molecule has 0 aromatic carbocycles. The molecular formula is C18H27N3O2S. The van der Waals surface area contributed by atoms with Gasteiger partial charge in [-0.1, -0.05) is 13.8 Å². The Hall–Kier alpha value is -1.69. The molecule has 0 aliphatic rings. The SMILES string of the molecule is Cc1sc2nc(CCC(=O)N(C)[C@@H](C)CC(C)C)[nH]c(=O)c2c1C. The van der Waals surface area contributed by atoms with Gasteiger partial charge < -0.3 is 9.88 Å². The van der Waals surface area contributed by atoms with Crippen molar-refractivity contribution in [3.63, 3.8) is 0 Å². The van der Waals surface area contributed by atoms with Crippen LogP contribution in [0.4, 0.5) is 0 Å².